The Morgan fingerprint density at radius 3 is 2.29 bits per heavy atom. The maximum absolute atomic E-state index is 12.6. The molecule has 4 rings (SSSR count). The highest BCUT2D eigenvalue weighted by molar-refractivity contribution is 5.96. The zero-order chi connectivity index (χ0) is 21.6. The predicted octanol–water partition coefficient (Wildman–Crippen LogP) is 3.41. The van der Waals surface area contributed by atoms with Crippen molar-refractivity contribution in [3.63, 3.8) is 0 Å². The molecule has 0 radical (unpaired) electrons. The lowest BCUT2D eigenvalue weighted by molar-refractivity contribution is -0.676. The molecule has 1 heterocycles. The molecule has 0 aromatic heterocycles. The second-order valence-electron chi connectivity index (χ2n) is 7.98. The van der Waals surface area contributed by atoms with Crippen molar-refractivity contribution in [2.75, 3.05) is 23.3 Å². The number of nitrogens with zero attached hydrogens (tertiary/aromatic N) is 1. The van der Waals surface area contributed by atoms with Crippen LogP contribution in [0.3, 0.4) is 0 Å². The Morgan fingerprint density at radius 2 is 1.65 bits per heavy atom. The molecule has 0 saturated carbocycles. The number of amides is 2. The highest BCUT2D eigenvalue weighted by Gasteiger charge is 2.22. The molecule has 1 saturated heterocycles. The largest absolute Gasteiger partial charge is 0.328 e. The number of nitrogens with one attached hydrogen (secondary N) is 1. The van der Waals surface area contributed by atoms with Crippen LogP contribution in [0, 0.1) is 6.92 Å². The molecule has 0 aliphatic carbocycles. The van der Waals surface area contributed by atoms with Crippen molar-refractivity contribution in [2.24, 2.45) is 0 Å². The Bertz CT molecular complexity index is 1030. The number of aryl methyl sites for hydroxylation is 1. The number of rotatable bonds is 7. The van der Waals surface area contributed by atoms with Gasteiger partial charge in [-0.3, -0.25) is 9.59 Å². The van der Waals surface area contributed by atoms with Gasteiger partial charge in [-0.2, -0.15) is 0 Å². The summed E-state index contributed by atoms with van der Waals surface area (Å²) in [6.07, 6.45) is 1.51. The minimum Gasteiger partial charge on any atom is -0.328 e. The van der Waals surface area contributed by atoms with Crippen molar-refractivity contribution in [3.05, 3.63) is 95.6 Å². The lowest BCUT2D eigenvalue weighted by Crippen LogP contribution is -2.87. The van der Waals surface area contributed by atoms with Crippen molar-refractivity contribution in [1.29, 1.82) is 0 Å². The van der Waals surface area contributed by atoms with Crippen molar-refractivity contribution < 1.29 is 14.9 Å². The molecule has 5 nitrogen and oxygen atoms in total. The molecule has 1 aliphatic rings. The maximum Gasteiger partial charge on any atom is 0.279 e. The van der Waals surface area contributed by atoms with Gasteiger partial charge >= 0.3 is 0 Å². The van der Waals surface area contributed by atoms with Gasteiger partial charge in [0.05, 0.1) is 0 Å². The number of anilines is 2. The average molecular weight is 415 g/mol. The van der Waals surface area contributed by atoms with Crippen LogP contribution in [0.4, 0.5) is 11.4 Å². The van der Waals surface area contributed by atoms with E-state index in [1.165, 1.54) is 16.7 Å². The molecule has 158 valence electrons. The summed E-state index contributed by atoms with van der Waals surface area (Å²) in [5.41, 5.74) is 5.17. The second-order valence-corrected chi connectivity index (χ2v) is 7.98. The van der Waals surface area contributed by atoms with Gasteiger partial charge < -0.3 is 15.5 Å². The monoisotopic (exact) mass is 414 g/mol. The predicted molar refractivity (Wildman–Crippen MR) is 123 cm³/mol. The number of quaternary nitrogens is 1. The molecule has 31 heavy (non-hydrogen) atoms. The maximum atomic E-state index is 12.6. The Hall–Kier alpha value is -3.44. The molecule has 3 N–H and O–H groups in total. The minimum atomic E-state index is -0.0574. The first-order chi connectivity index (χ1) is 15.1. The molecular formula is C26H28N3O2+. The topological polar surface area (TPSA) is 66.0 Å². The normalized spacial score (nSPS) is 14.5. The molecule has 1 aliphatic heterocycles. The quantitative estimate of drug-likeness (QED) is 0.622. The summed E-state index contributed by atoms with van der Waals surface area (Å²) < 4.78 is 0. The van der Waals surface area contributed by atoms with E-state index in [9.17, 15) is 9.59 Å². The molecule has 1 atom stereocenters. The van der Waals surface area contributed by atoms with E-state index in [2.05, 4.69) is 54.0 Å². The molecule has 5 heteroatoms. The second kappa shape index (κ2) is 9.58. The Morgan fingerprint density at radius 1 is 0.968 bits per heavy atom. The van der Waals surface area contributed by atoms with Crippen LogP contribution in [-0.4, -0.2) is 24.9 Å². The van der Waals surface area contributed by atoms with E-state index >= 15 is 0 Å². The van der Waals surface area contributed by atoms with E-state index in [0.29, 0.717) is 13.0 Å². The smallest absolute Gasteiger partial charge is 0.279 e. The van der Waals surface area contributed by atoms with Gasteiger partial charge in [-0.25, -0.2) is 0 Å². The first-order valence-corrected chi connectivity index (χ1v) is 10.8. The van der Waals surface area contributed by atoms with Gasteiger partial charge in [0.2, 0.25) is 5.91 Å². The van der Waals surface area contributed by atoms with Crippen molar-refractivity contribution in [1.82, 2.24) is 0 Å². The van der Waals surface area contributed by atoms with E-state index in [-0.39, 0.29) is 17.9 Å². The zero-order valence-corrected chi connectivity index (χ0v) is 17.8. The summed E-state index contributed by atoms with van der Waals surface area (Å²) in [5.74, 6) is 0.104. The minimum absolute atomic E-state index is 0.0519. The third-order valence-electron chi connectivity index (χ3n) is 5.67. The molecule has 1 fully saturated rings. The third kappa shape index (κ3) is 5.19. The molecule has 2 amide bonds. The van der Waals surface area contributed by atoms with Gasteiger partial charge in [0.15, 0.2) is 6.54 Å². The fraction of sp³-hybridized carbons (Fsp3) is 0.231. The third-order valence-corrected chi connectivity index (χ3v) is 5.67. The lowest BCUT2D eigenvalue weighted by Gasteiger charge is -2.17. The Kier molecular flexibility index (Phi) is 6.43. The number of nitrogens with two attached hydrogens (primary N) is 1. The fourth-order valence-corrected chi connectivity index (χ4v) is 3.98. The van der Waals surface area contributed by atoms with Gasteiger partial charge in [0.1, 0.15) is 6.04 Å². The van der Waals surface area contributed by atoms with Crippen LogP contribution in [0.25, 0.3) is 0 Å². The van der Waals surface area contributed by atoms with Crippen LogP contribution in [0.15, 0.2) is 78.9 Å². The molecule has 0 spiro atoms. The van der Waals surface area contributed by atoms with Gasteiger partial charge in [0, 0.05) is 35.5 Å². The highest BCUT2D eigenvalue weighted by Crippen LogP contribution is 2.23. The van der Waals surface area contributed by atoms with Crippen LogP contribution >= 0.6 is 0 Å². The first kappa shape index (κ1) is 20.8. The number of carbonyl (C=O) groups is 2. The van der Waals surface area contributed by atoms with E-state index in [0.717, 1.165) is 24.3 Å². The summed E-state index contributed by atoms with van der Waals surface area (Å²) in [5, 5.41) is 5.03. The highest BCUT2D eigenvalue weighted by atomic mass is 16.2. The number of carbonyl (C=O) groups excluding carboxylic acids is 2. The van der Waals surface area contributed by atoms with Crippen LogP contribution in [0.5, 0.6) is 0 Å². The van der Waals surface area contributed by atoms with Crippen LogP contribution in [-0.2, 0) is 9.59 Å². The van der Waals surface area contributed by atoms with Gasteiger partial charge in [-0.1, -0.05) is 60.2 Å². The van der Waals surface area contributed by atoms with Crippen LogP contribution < -0.4 is 15.5 Å². The van der Waals surface area contributed by atoms with E-state index in [1.807, 2.05) is 42.5 Å². The number of hydrogen-bond donors (Lipinski definition) is 2. The molecule has 0 unspecified atom stereocenters. The molecular weight excluding hydrogens is 386 g/mol. The van der Waals surface area contributed by atoms with Gasteiger partial charge in [0.25, 0.3) is 5.91 Å². The van der Waals surface area contributed by atoms with Crippen molar-refractivity contribution in [3.8, 4) is 0 Å². The molecule has 0 bridgehead atoms. The summed E-state index contributed by atoms with van der Waals surface area (Å²) in [7, 11) is 0. The first-order valence-electron chi connectivity index (χ1n) is 10.8. The zero-order valence-electron chi connectivity index (χ0n) is 17.8. The Labute approximate surface area is 183 Å². The summed E-state index contributed by atoms with van der Waals surface area (Å²) in [6.45, 7) is 3.14. The van der Waals surface area contributed by atoms with Crippen molar-refractivity contribution in [2.45, 2.75) is 25.8 Å². The van der Waals surface area contributed by atoms with E-state index in [1.54, 1.807) is 4.90 Å². The Balaban J connectivity index is 1.40. The number of benzene rings is 3. The van der Waals surface area contributed by atoms with Gasteiger partial charge in [-0.15, -0.1) is 0 Å². The molecule has 3 aromatic rings. The van der Waals surface area contributed by atoms with E-state index < -0.39 is 0 Å². The number of hydrogen-bond acceptors (Lipinski definition) is 2. The van der Waals surface area contributed by atoms with Crippen LogP contribution in [0.2, 0.25) is 0 Å². The van der Waals surface area contributed by atoms with Crippen molar-refractivity contribution >= 4 is 23.2 Å². The summed E-state index contributed by atoms with van der Waals surface area (Å²) in [4.78, 5) is 26.3. The summed E-state index contributed by atoms with van der Waals surface area (Å²) in [6, 6.07) is 26.2. The van der Waals surface area contributed by atoms with E-state index in [4.69, 9.17) is 0 Å². The fourth-order valence-electron chi connectivity index (χ4n) is 3.98. The SMILES string of the molecule is Cc1ccc([C@@H]([NH2+]CC(=O)Nc2ccc(N3CCCC3=O)cc2)c2ccccc2)cc1. The lowest BCUT2D eigenvalue weighted by atomic mass is 9.98. The molecule has 3 aromatic carbocycles. The standard InChI is InChI=1S/C26H27N3O2/c1-19-9-11-21(12-10-19)26(20-6-3-2-4-7-20)27-18-24(30)28-22-13-15-23(16-14-22)29-17-5-8-25(29)31/h2-4,6-7,9-16,26-27H,5,8,17-18H2,1H3,(H,28,30)/p+1/t26-/m0/s1. The summed E-state index contributed by atoms with van der Waals surface area (Å²) >= 11 is 0. The average Bonchev–Trinajstić information content (AvgIpc) is 3.22. The van der Waals surface area contributed by atoms with Gasteiger partial charge in [-0.05, 0) is 37.6 Å². The van der Waals surface area contributed by atoms with Crippen LogP contribution in [0.1, 0.15) is 35.6 Å².